The maximum atomic E-state index is 4.87. The van der Waals surface area contributed by atoms with Crippen LogP contribution < -0.4 is 0 Å². The number of aryl methyl sites for hydroxylation is 2. The first kappa shape index (κ1) is 31.3. The van der Waals surface area contributed by atoms with Gasteiger partial charge in [-0.15, -0.1) is 0 Å². The molecule has 4 aromatic carbocycles. The van der Waals surface area contributed by atoms with Crippen LogP contribution in [0, 0.1) is 13.8 Å². The van der Waals surface area contributed by atoms with Crippen molar-refractivity contribution in [3.8, 4) is 0 Å². The van der Waals surface area contributed by atoms with Crippen molar-refractivity contribution < 1.29 is 0 Å². The van der Waals surface area contributed by atoms with E-state index in [-0.39, 0.29) is 10.8 Å². The van der Waals surface area contributed by atoms with E-state index in [1.165, 1.54) is 77.0 Å². The molecule has 48 heavy (non-hydrogen) atoms. The number of thiol groups is 1. The average Bonchev–Trinajstić information content (AvgIpc) is 3.62. The molecule has 1 radical (unpaired) electrons. The zero-order valence-corrected chi connectivity index (χ0v) is 30.5. The standard InChI is InChI=1S/C20H17BrN2.C20H18N2.BHNS/c1-11-8-9-14-17-16(11)12-6-4-5-7-13(12)19-22-18(21)15(23(17)19)10-20(14,2)3;1-12-8-9-16-18-17(12)14-6-4-5-7-15(14)19-21-11-13(22(18)19)10-20(16,2)3;1-2-3/h4-9H,10H2,1-3H3;4-9,11H,10H2,1-3H3;3H. The quantitative estimate of drug-likeness (QED) is 0.0968. The van der Waals surface area contributed by atoms with Gasteiger partial charge in [-0.1, -0.05) is 100 Å². The fourth-order valence-electron chi connectivity index (χ4n) is 8.43. The van der Waals surface area contributed by atoms with Crippen molar-refractivity contribution in [3.63, 3.8) is 0 Å². The van der Waals surface area contributed by atoms with Crippen molar-refractivity contribution in [3.05, 3.63) is 117 Å². The van der Waals surface area contributed by atoms with Gasteiger partial charge in [-0.2, -0.15) is 0 Å². The van der Waals surface area contributed by atoms with E-state index < -0.39 is 0 Å². The van der Waals surface area contributed by atoms with Crippen molar-refractivity contribution in [2.45, 2.75) is 65.2 Å². The second-order valence-corrected chi connectivity index (χ2v) is 15.5. The van der Waals surface area contributed by atoms with Crippen LogP contribution in [0.1, 0.15) is 61.3 Å². The summed E-state index contributed by atoms with van der Waals surface area (Å²) in [5.41, 5.74) is 13.3. The Hall–Kier alpha value is -4.01. The van der Waals surface area contributed by atoms with Crippen LogP contribution in [0.3, 0.4) is 0 Å². The maximum absolute atomic E-state index is 4.87. The number of hydrogen-bond donors (Lipinski definition) is 1. The second-order valence-electron chi connectivity index (χ2n) is 14.6. The van der Waals surface area contributed by atoms with Crippen LogP contribution in [0.5, 0.6) is 0 Å². The molecule has 0 N–H and O–H groups in total. The van der Waals surface area contributed by atoms with Gasteiger partial charge in [0, 0.05) is 39.9 Å². The summed E-state index contributed by atoms with van der Waals surface area (Å²) in [6.07, 6.45) is 4.10. The first-order chi connectivity index (χ1) is 23.0. The summed E-state index contributed by atoms with van der Waals surface area (Å²) >= 11 is 6.90. The van der Waals surface area contributed by atoms with Crippen LogP contribution >= 0.6 is 28.7 Å². The summed E-state index contributed by atoms with van der Waals surface area (Å²) in [4.78, 5) is 9.63. The Morgan fingerprint density at radius 3 is 1.75 bits per heavy atom. The Morgan fingerprint density at radius 1 is 0.708 bits per heavy atom. The van der Waals surface area contributed by atoms with Gasteiger partial charge in [0.25, 0.3) is 0 Å². The predicted octanol–water partition coefficient (Wildman–Crippen LogP) is 10.5. The molecule has 4 aromatic heterocycles. The van der Waals surface area contributed by atoms with Crippen LogP contribution in [0.2, 0.25) is 0 Å². The van der Waals surface area contributed by atoms with Gasteiger partial charge in [0.2, 0.25) is 0 Å². The number of aromatic nitrogens is 4. The van der Waals surface area contributed by atoms with E-state index >= 15 is 0 Å². The number of nitrogens with zero attached hydrogens (tertiary/aromatic N) is 5. The molecule has 2 aliphatic heterocycles. The normalized spacial score (nSPS) is 15.3. The van der Waals surface area contributed by atoms with Crippen molar-refractivity contribution in [1.29, 1.82) is 0 Å². The molecule has 10 rings (SSSR count). The fourth-order valence-corrected chi connectivity index (χ4v) is 8.91. The van der Waals surface area contributed by atoms with E-state index in [0.29, 0.717) is 0 Å². The number of rotatable bonds is 0. The van der Waals surface area contributed by atoms with E-state index in [9.17, 15) is 0 Å². The Bertz CT molecular complexity index is 2650. The molecule has 0 saturated carbocycles. The SMILES string of the molecule is Cc1ccc2c3c1c1ccccc1c1nc(Br)c(n13)CC2(C)C.Cc1ccc2c3c1c1ccccc1c1ncc(n13)CC2(C)C.[B]=NS. The van der Waals surface area contributed by atoms with E-state index in [2.05, 4.69) is 170 Å². The molecule has 2 aliphatic rings. The Labute approximate surface area is 295 Å². The van der Waals surface area contributed by atoms with Gasteiger partial charge in [0.1, 0.15) is 15.9 Å². The Balaban J connectivity index is 0.000000130. The van der Waals surface area contributed by atoms with Gasteiger partial charge >= 0.3 is 24.8 Å². The number of benzene rings is 4. The molecule has 0 spiro atoms. The first-order valence-electron chi connectivity index (χ1n) is 16.3. The van der Waals surface area contributed by atoms with Crippen molar-refractivity contribution >= 4 is 91.0 Å². The monoisotopic (exact) mass is 708 g/mol. The van der Waals surface area contributed by atoms with Crippen LogP contribution in [0.25, 0.3) is 54.6 Å². The van der Waals surface area contributed by atoms with Crippen molar-refractivity contribution in [2.75, 3.05) is 0 Å². The summed E-state index contributed by atoms with van der Waals surface area (Å²) in [5.74, 6) is 0. The van der Waals surface area contributed by atoms with Crippen LogP contribution in [-0.4, -0.2) is 26.4 Å². The zero-order chi connectivity index (χ0) is 33.7. The molecule has 0 bridgehead atoms. The molecule has 0 unspecified atom stereocenters. The van der Waals surface area contributed by atoms with Crippen LogP contribution in [0.15, 0.2) is 87.9 Å². The molecular formula is C40H36BBrN5S. The zero-order valence-electron chi connectivity index (χ0n) is 28.1. The second kappa shape index (κ2) is 11.0. The molecule has 0 aliphatic carbocycles. The summed E-state index contributed by atoms with van der Waals surface area (Å²) < 4.78 is 8.45. The molecule has 0 atom stereocenters. The van der Waals surface area contributed by atoms with E-state index in [1.54, 1.807) is 0 Å². The number of hydrogen-bond acceptors (Lipinski definition) is 4. The first-order valence-corrected chi connectivity index (χ1v) is 17.5. The minimum absolute atomic E-state index is 0.111. The molecule has 5 nitrogen and oxygen atoms in total. The van der Waals surface area contributed by atoms with E-state index in [1.807, 2.05) is 0 Å². The predicted molar refractivity (Wildman–Crippen MR) is 208 cm³/mol. The topological polar surface area (TPSA) is 47.0 Å². The third-order valence-electron chi connectivity index (χ3n) is 10.5. The van der Waals surface area contributed by atoms with Crippen molar-refractivity contribution in [1.82, 2.24) is 18.8 Å². The van der Waals surface area contributed by atoms with Gasteiger partial charge < -0.3 is 0 Å². The Kier molecular flexibility index (Phi) is 7.17. The third kappa shape index (κ3) is 4.38. The molecule has 6 heterocycles. The van der Waals surface area contributed by atoms with E-state index in [0.717, 1.165) is 28.7 Å². The van der Waals surface area contributed by atoms with Crippen molar-refractivity contribution in [2.24, 2.45) is 4.30 Å². The van der Waals surface area contributed by atoms with Gasteiger partial charge in [-0.05, 0) is 80.1 Å². The van der Waals surface area contributed by atoms with Crippen LogP contribution in [-0.2, 0) is 23.7 Å². The third-order valence-corrected chi connectivity index (χ3v) is 11.2. The molecule has 8 heteroatoms. The molecule has 0 amide bonds. The van der Waals surface area contributed by atoms with Gasteiger partial charge in [0.05, 0.1) is 16.7 Å². The number of fused-ring (bicyclic) bond motifs is 6. The molecular weight excluding hydrogens is 673 g/mol. The number of imidazole rings is 2. The molecule has 0 saturated heterocycles. The molecule has 8 aromatic rings. The minimum atomic E-state index is 0.111. The summed E-state index contributed by atoms with van der Waals surface area (Å²) in [6, 6.07) is 26.5. The Morgan fingerprint density at radius 2 is 1.19 bits per heavy atom. The van der Waals surface area contributed by atoms with Gasteiger partial charge in [0.15, 0.2) is 0 Å². The summed E-state index contributed by atoms with van der Waals surface area (Å²) in [7, 11) is 4.34. The number of pyridine rings is 2. The van der Waals surface area contributed by atoms with Gasteiger partial charge in [-0.3, -0.25) is 8.80 Å². The summed E-state index contributed by atoms with van der Waals surface area (Å²) in [5, 5.41) is 7.85. The number of halogens is 1. The van der Waals surface area contributed by atoms with Gasteiger partial charge in [-0.25, -0.2) is 9.97 Å². The van der Waals surface area contributed by atoms with E-state index in [4.69, 9.17) is 9.97 Å². The molecule has 237 valence electrons. The fraction of sp³-hybridized carbons (Fsp3) is 0.250. The molecule has 0 fully saturated rings. The van der Waals surface area contributed by atoms with Crippen LogP contribution in [0.4, 0.5) is 0 Å². The average molecular weight is 710 g/mol. The summed E-state index contributed by atoms with van der Waals surface area (Å²) in [6.45, 7) is 13.8.